The molecule has 188 valence electrons. The van der Waals surface area contributed by atoms with E-state index in [2.05, 4.69) is 108 Å². The highest BCUT2D eigenvalue weighted by molar-refractivity contribution is 7.26. The van der Waals surface area contributed by atoms with E-state index in [0.717, 1.165) is 61.6 Å². The zero-order chi connectivity index (χ0) is 26.2. The molecule has 0 amide bonds. The third-order valence-corrected chi connectivity index (χ3v) is 8.99. The zero-order valence-corrected chi connectivity index (χ0v) is 22.1. The normalized spacial score (nSPS) is 12.7. The number of hydrogen-bond acceptors (Lipinski definition) is 4. The SMILES string of the molecule is c1cc(-c2cccc3c2oc2c3ccc3sc4ccccc4c32)cc(N2c3ccccc3Oc3ccccc32)c1. The Morgan fingerprint density at radius 1 is 0.525 bits per heavy atom. The molecule has 0 fully saturated rings. The molecule has 3 nitrogen and oxygen atoms in total. The van der Waals surface area contributed by atoms with Crippen LogP contribution in [-0.4, -0.2) is 0 Å². The van der Waals surface area contributed by atoms with Crippen molar-refractivity contribution >= 4 is 70.5 Å². The summed E-state index contributed by atoms with van der Waals surface area (Å²) in [5.41, 5.74) is 7.18. The van der Waals surface area contributed by atoms with E-state index in [1.165, 1.54) is 20.2 Å². The first kappa shape index (κ1) is 21.8. The second kappa shape index (κ2) is 8.22. The van der Waals surface area contributed by atoms with E-state index in [4.69, 9.17) is 9.15 Å². The fourth-order valence-corrected chi connectivity index (χ4v) is 7.19. The van der Waals surface area contributed by atoms with Crippen LogP contribution in [0.25, 0.3) is 53.2 Å². The second-order valence-electron chi connectivity index (χ2n) is 10.1. The number of hydrogen-bond donors (Lipinski definition) is 0. The van der Waals surface area contributed by atoms with E-state index in [1.807, 2.05) is 35.6 Å². The minimum Gasteiger partial charge on any atom is -0.455 e. The van der Waals surface area contributed by atoms with Crippen LogP contribution in [0.4, 0.5) is 17.1 Å². The molecule has 9 rings (SSSR count). The summed E-state index contributed by atoms with van der Waals surface area (Å²) in [6, 6.07) is 44.6. The van der Waals surface area contributed by atoms with Crippen LogP contribution in [0.15, 0.2) is 132 Å². The van der Waals surface area contributed by atoms with Crippen LogP contribution in [0.5, 0.6) is 11.5 Å². The van der Waals surface area contributed by atoms with Crippen molar-refractivity contribution < 1.29 is 9.15 Å². The third-order valence-electron chi connectivity index (χ3n) is 7.85. The van der Waals surface area contributed by atoms with Crippen molar-refractivity contribution in [1.29, 1.82) is 0 Å². The van der Waals surface area contributed by atoms with Gasteiger partial charge in [0, 0.05) is 42.2 Å². The number of nitrogens with zero attached hydrogens (tertiary/aromatic N) is 1. The van der Waals surface area contributed by atoms with Gasteiger partial charge in [0.05, 0.1) is 11.4 Å². The maximum Gasteiger partial charge on any atom is 0.151 e. The summed E-state index contributed by atoms with van der Waals surface area (Å²) < 4.78 is 15.6. The first-order valence-corrected chi connectivity index (χ1v) is 14.2. The van der Waals surface area contributed by atoms with Crippen molar-refractivity contribution in [3.05, 3.63) is 127 Å². The minimum absolute atomic E-state index is 0.845. The maximum atomic E-state index is 6.79. The molecule has 0 atom stereocenters. The number of rotatable bonds is 2. The quantitative estimate of drug-likeness (QED) is 0.222. The molecule has 0 unspecified atom stereocenters. The van der Waals surface area contributed by atoms with Gasteiger partial charge in [0.15, 0.2) is 11.5 Å². The van der Waals surface area contributed by atoms with Crippen molar-refractivity contribution in [2.75, 3.05) is 4.90 Å². The highest BCUT2D eigenvalue weighted by Crippen LogP contribution is 2.51. The number of para-hydroxylation sites is 5. The van der Waals surface area contributed by atoms with Gasteiger partial charge < -0.3 is 14.1 Å². The summed E-state index contributed by atoms with van der Waals surface area (Å²) in [7, 11) is 0. The first-order chi connectivity index (χ1) is 19.8. The Balaban J connectivity index is 1.27. The molecular weight excluding hydrogens is 510 g/mol. The number of furan rings is 1. The molecule has 0 radical (unpaired) electrons. The molecule has 6 aromatic carbocycles. The van der Waals surface area contributed by atoms with E-state index < -0.39 is 0 Å². The number of fused-ring (bicyclic) bond motifs is 9. The highest BCUT2D eigenvalue weighted by Gasteiger charge is 2.25. The summed E-state index contributed by atoms with van der Waals surface area (Å²) in [5, 5.41) is 4.74. The van der Waals surface area contributed by atoms with E-state index in [0.29, 0.717) is 0 Å². The Morgan fingerprint density at radius 2 is 1.23 bits per heavy atom. The van der Waals surface area contributed by atoms with Crippen LogP contribution in [0.2, 0.25) is 0 Å². The summed E-state index contributed by atoms with van der Waals surface area (Å²) in [6.45, 7) is 0. The molecule has 0 saturated carbocycles. The van der Waals surface area contributed by atoms with Crippen molar-refractivity contribution in [2.24, 2.45) is 0 Å². The molecule has 4 heteroatoms. The lowest BCUT2D eigenvalue weighted by Crippen LogP contribution is -2.15. The van der Waals surface area contributed by atoms with Gasteiger partial charge in [0.1, 0.15) is 11.2 Å². The van der Waals surface area contributed by atoms with Gasteiger partial charge in [-0.05, 0) is 60.2 Å². The largest absolute Gasteiger partial charge is 0.455 e. The predicted molar refractivity (Wildman–Crippen MR) is 167 cm³/mol. The van der Waals surface area contributed by atoms with E-state index >= 15 is 0 Å². The maximum absolute atomic E-state index is 6.79. The van der Waals surface area contributed by atoms with Gasteiger partial charge in [0.2, 0.25) is 0 Å². The van der Waals surface area contributed by atoms with Gasteiger partial charge in [-0.3, -0.25) is 0 Å². The number of ether oxygens (including phenoxy) is 1. The third kappa shape index (κ3) is 3.05. The molecule has 0 spiro atoms. The molecule has 8 aromatic rings. The average Bonchev–Trinajstić information content (AvgIpc) is 3.58. The zero-order valence-electron chi connectivity index (χ0n) is 21.3. The average molecular weight is 532 g/mol. The molecule has 0 saturated heterocycles. The Labute approximate surface area is 234 Å². The first-order valence-electron chi connectivity index (χ1n) is 13.4. The molecule has 0 N–H and O–H groups in total. The summed E-state index contributed by atoms with van der Waals surface area (Å²) in [4.78, 5) is 2.28. The molecule has 2 aromatic heterocycles. The van der Waals surface area contributed by atoms with Gasteiger partial charge in [-0.15, -0.1) is 11.3 Å². The molecule has 0 aliphatic carbocycles. The van der Waals surface area contributed by atoms with Gasteiger partial charge in [-0.1, -0.05) is 72.8 Å². The van der Waals surface area contributed by atoms with Crippen molar-refractivity contribution in [1.82, 2.24) is 0 Å². The van der Waals surface area contributed by atoms with E-state index in [-0.39, 0.29) is 0 Å². The smallest absolute Gasteiger partial charge is 0.151 e. The topological polar surface area (TPSA) is 25.6 Å². The lowest BCUT2D eigenvalue weighted by molar-refractivity contribution is 0.477. The molecule has 1 aliphatic heterocycles. The van der Waals surface area contributed by atoms with Gasteiger partial charge in [-0.2, -0.15) is 0 Å². The van der Waals surface area contributed by atoms with Crippen LogP contribution in [-0.2, 0) is 0 Å². The lowest BCUT2D eigenvalue weighted by atomic mass is 10.0. The van der Waals surface area contributed by atoms with Gasteiger partial charge in [-0.25, -0.2) is 0 Å². The molecule has 1 aliphatic rings. The summed E-state index contributed by atoms with van der Waals surface area (Å²) in [6.07, 6.45) is 0. The number of thiophene rings is 1. The minimum atomic E-state index is 0.845. The van der Waals surface area contributed by atoms with Crippen LogP contribution in [0, 0.1) is 0 Å². The molecule has 0 bridgehead atoms. The monoisotopic (exact) mass is 531 g/mol. The van der Waals surface area contributed by atoms with Crippen molar-refractivity contribution in [3.8, 4) is 22.6 Å². The standard InChI is InChI=1S/C36H21NO2S/c1-6-18-32-27(11-1)34-33(40-32)20-19-26-25-13-8-12-24(35(25)39-36(26)34)22-9-7-10-23(21-22)37-28-14-2-4-16-30(28)38-31-17-5-3-15-29(31)37/h1-21H. The molecule has 40 heavy (non-hydrogen) atoms. The van der Waals surface area contributed by atoms with Crippen LogP contribution < -0.4 is 9.64 Å². The fraction of sp³-hybridized carbons (Fsp3) is 0. The van der Waals surface area contributed by atoms with E-state index in [9.17, 15) is 0 Å². The van der Waals surface area contributed by atoms with Gasteiger partial charge in [0.25, 0.3) is 0 Å². The Morgan fingerprint density at radius 3 is 2.08 bits per heavy atom. The summed E-state index contributed by atoms with van der Waals surface area (Å²) >= 11 is 1.82. The second-order valence-corrected chi connectivity index (χ2v) is 11.2. The molecule has 3 heterocycles. The Kier molecular flexibility index (Phi) is 4.48. The number of anilines is 3. The lowest BCUT2D eigenvalue weighted by Gasteiger charge is -2.33. The van der Waals surface area contributed by atoms with Crippen molar-refractivity contribution in [3.63, 3.8) is 0 Å². The summed E-state index contributed by atoms with van der Waals surface area (Å²) in [5.74, 6) is 1.69. The number of benzene rings is 6. The Hall–Kier alpha value is -5.06. The van der Waals surface area contributed by atoms with E-state index in [1.54, 1.807) is 0 Å². The van der Waals surface area contributed by atoms with Crippen molar-refractivity contribution in [2.45, 2.75) is 0 Å². The van der Waals surface area contributed by atoms with Crippen LogP contribution >= 0.6 is 11.3 Å². The van der Waals surface area contributed by atoms with Crippen LogP contribution in [0.1, 0.15) is 0 Å². The Bertz CT molecular complexity index is 2230. The van der Waals surface area contributed by atoms with Gasteiger partial charge >= 0.3 is 0 Å². The van der Waals surface area contributed by atoms with Crippen LogP contribution in [0.3, 0.4) is 0 Å². The predicted octanol–water partition coefficient (Wildman–Crippen LogP) is 11.2. The molecular formula is C36H21NO2S. The fourth-order valence-electron chi connectivity index (χ4n) is 6.09. The highest BCUT2D eigenvalue weighted by atomic mass is 32.1.